The van der Waals surface area contributed by atoms with Gasteiger partial charge in [0.1, 0.15) is 31.0 Å². The van der Waals surface area contributed by atoms with E-state index in [9.17, 15) is 24.8 Å². The topological polar surface area (TPSA) is 191 Å². The van der Waals surface area contributed by atoms with Crippen molar-refractivity contribution in [3.05, 3.63) is 0 Å². The Morgan fingerprint density at radius 1 is 0.612 bits per heavy atom. The van der Waals surface area contributed by atoms with E-state index in [1.165, 1.54) is 14.2 Å². The summed E-state index contributed by atoms with van der Waals surface area (Å²) >= 11 is 0. The Balaban J connectivity index is 0.847. The zero-order valence-corrected chi connectivity index (χ0v) is 41.3. The van der Waals surface area contributed by atoms with Gasteiger partial charge in [-0.2, -0.15) is 0 Å². The zero-order chi connectivity index (χ0) is 47.3. The van der Waals surface area contributed by atoms with Gasteiger partial charge in [0, 0.05) is 88.5 Å². The molecule has 17 unspecified atom stereocenters. The van der Waals surface area contributed by atoms with E-state index >= 15 is 4.39 Å². The van der Waals surface area contributed by atoms with Crippen LogP contribution in [0.2, 0.25) is 0 Å². The number of rotatable bonds is 17. The van der Waals surface area contributed by atoms with Crippen molar-refractivity contribution in [3.63, 3.8) is 0 Å². The fraction of sp³-hybridized carbons (Fsp3) is 1.00. The molecule has 21 atom stereocenters. The number of methoxy groups -OCH3 is 2. The van der Waals surface area contributed by atoms with Crippen molar-refractivity contribution < 1.29 is 43.4 Å². The fourth-order valence-electron chi connectivity index (χ4n) is 15.2. The number of nitrogens with one attached hydrogen (secondary N) is 6. The van der Waals surface area contributed by atoms with Crippen LogP contribution in [0.4, 0.5) is 8.78 Å². The first-order chi connectivity index (χ1) is 32.3. The van der Waals surface area contributed by atoms with Crippen LogP contribution in [-0.4, -0.2) is 186 Å². The Labute approximate surface area is 399 Å². The van der Waals surface area contributed by atoms with Gasteiger partial charge in [-0.25, -0.2) is 8.78 Å². The third-order valence-electron chi connectivity index (χ3n) is 18.8. The summed E-state index contributed by atoms with van der Waals surface area (Å²) in [5.74, 6) is 1.12. The van der Waals surface area contributed by atoms with Crippen LogP contribution in [0.1, 0.15) is 118 Å². The molecule has 67 heavy (non-hydrogen) atoms. The maximum atomic E-state index is 17.7. The van der Waals surface area contributed by atoms with E-state index in [-0.39, 0.29) is 103 Å². The van der Waals surface area contributed by atoms with Crippen LogP contribution < -0.4 is 31.9 Å². The van der Waals surface area contributed by atoms with E-state index in [0.29, 0.717) is 24.7 Å². The summed E-state index contributed by atoms with van der Waals surface area (Å²) < 4.78 is 49.9. The van der Waals surface area contributed by atoms with Gasteiger partial charge in [-0.1, -0.05) is 27.7 Å². The number of ether oxygens (including phenoxy) is 3. The highest BCUT2D eigenvalue weighted by molar-refractivity contribution is 5.13. The molecule has 9 rings (SSSR count). The fourth-order valence-corrected chi connectivity index (χ4v) is 15.2. The lowest BCUT2D eigenvalue weighted by atomic mass is 9.70. The van der Waals surface area contributed by atoms with E-state index in [1.54, 1.807) is 0 Å². The zero-order valence-electron chi connectivity index (χ0n) is 41.3. The quantitative estimate of drug-likeness (QED) is 0.0952. The number of nitrogens with zero attached hydrogens (tertiary/aromatic N) is 3. The van der Waals surface area contributed by atoms with Gasteiger partial charge in [0.15, 0.2) is 0 Å². The van der Waals surface area contributed by atoms with Gasteiger partial charge in [0.05, 0.1) is 30.5 Å². The minimum Gasteiger partial charge on any atom is -0.377 e. The van der Waals surface area contributed by atoms with Crippen molar-refractivity contribution >= 4 is 0 Å². The number of hydrogen-bond donors (Lipinski definition) is 10. The molecular weight excluding hydrogens is 865 g/mol. The number of alkyl halides is 2. The molecule has 0 spiro atoms. The van der Waals surface area contributed by atoms with Gasteiger partial charge in [-0.15, -0.1) is 0 Å². The van der Waals surface area contributed by atoms with Crippen molar-refractivity contribution in [1.29, 1.82) is 0 Å². The molecule has 0 aromatic heterocycles. The van der Waals surface area contributed by atoms with Gasteiger partial charge in [0.25, 0.3) is 0 Å². The predicted octanol–water partition coefficient (Wildman–Crippen LogP) is 1.88. The average Bonchev–Trinajstić information content (AvgIpc) is 4.19. The largest absolute Gasteiger partial charge is 0.377 e. The molecule has 0 aromatic carbocycles. The van der Waals surface area contributed by atoms with E-state index < -0.39 is 37.6 Å². The summed E-state index contributed by atoms with van der Waals surface area (Å²) in [6.07, 6.45) is 6.45. The SMILES string of the molecule is COC(O)N[C@@H](C(C)C)C(O)N1CCC[C@H]1C1NCC(C2CCC3C(C2)OC(C2CCC(F)CC2)N2C4CCC(C5CNC([C@@H]6CCCN6C(O)[C@@H](NC(O)OC)C(C)C)N5)CC4C(F)C32)N1. The second-order valence-electron chi connectivity index (χ2n) is 23.1. The first-order valence-corrected chi connectivity index (χ1v) is 26.8. The molecule has 0 aromatic rings. The molecule has 3 aliphatic carbocycles. The van der Waals surface area contributed by atoms with Crippen LogP contribution in [0.3, 0.4) is 0 Å². The van der Waals surface area contributed by atoms with Crippen LogP contribution in [0, 0.1) is 41.4 Å². The van der Waals surface area contributed by atoms with Crippen molar-refractivity contribution in [2.75, 3.05) is 40.4 Å². The van der Waals surface area contributed by atoms with Gasteiger partial charge < -0.3 is 34.6 Å². The van der Waals surface area contributed by atoms with Crippen molar-refractivity contribution in [2.45, 2.75) is 228 Å². The van der Waals surface area contributed by atoms with E-state index in [4.69, 9.17) is 14.2 Å². The second-order valence-corrected chi connectivity index (χ2v) is 23.1. The molecule has 386 valence electrons. The summed E-state index contributed by atoms with van der Waals surface area (Å²) in [5.41, 5.74) is 0. The molecule has 3 saturated carbocycles. The first-order valence-electron chi connectivity index (χ1n) is 26.8. The van der Waals surface area contributed by atoms with Crippen LogP contribution in [0.25, 0.3) is 0 Å². The van der Waals surface area contributed by atoms with Crippen molar-refractivity contribution in [2.24, 2.45) is 41.4 Å². The smallest absolute Gasteiger partial charge is 0.213 e. The Morgan fingerprint density at radius 3 is 1.64 bits per heavy atom. The molecule has 6 aliphatic heterocycles. The Morgan fingerprint density at radius 2 is 1.12 bits per heavy atom. The van der Waals surface area contributed by atoms with Crippen molar-refractivity contribution in [1.82, 2.24) is 46.6 Å². The minimum atomic E-state index is -1.16. The second kappa shape index (κ2) is 22.1. The monoisotopic (exact) mass is 954 g/mol. The summed E-state index contributed by atoms with van der Waals surface area (Å²) in [4.78, 5) is 6.88. The first kappa shape index (κ1) is 51.1. The summed E-state index contributed by atoms with van der Waals surface area (Å²) in [7, 11) is 2.88. The van der Waals surface area contributed by atoms with Gasteiger partial charge in [-0.3, -0.25) is 46.6 Å². The van der Waals surface area contributed by atoms with Crippen LogP contribution in [0.5, 0.6) is 0 Å². The maximum absolute atomic E-state index is 17.7. The molecule has 9 aliphatic rings. The van der Waals surface area contributed by atoms with Crippen molar-refractivity contribution in [3.8, 4) is 0 Å². The molecule has 6 saturated heterocycles. The highest BCUT2D eigenvalue weighted by Gasteiger charge is 2.62. The van der Waals surface area contributed by atoms with Gasteiger partial charge >= 0.3 is 0 Å². The predicted molar refractivity (Wildman–Crippen MR) is 250 cm³/mol. The molecule has 9 fully saturated rings. The van der Waals surface area contributed by atoms with Crippen LogP contribution in [0.15, 0.2) is 0 Å². The molecule has 6 heterocycles. The molecule has 0 radical (unpaired) electrons. The third kappa shape index (κ3) is 10.5. The number of hydrogen-bond acceptors (Lipinski definition) is 16. The lowest BCUT2D eigenvalue weighted by Crippen LogP contribution is -2.63. The Bertz CT molecular complexity index is 1580. The number of aliphatic hydroxyl groups excluding tert-OH is 4. The Hall–Kier alpha value is -0.780. The van der Waals surface area contributed by atoms with Gasteiger partial charge in [-0.05, 0) is 119 Å². The lowest BCUT2D eigenvalue weighted by Gasteiger charge is -2.55. The number of halogens is 2. The molecular formula is C49H89F2N9O7. The Kier molecular flexibility index (Phi) is 16.9. The van der Waals surface area contributed by atoms with E-state index in [2.05, 4.69) is 46.6 Å². The molecule has 10 N–H and O–H groups in total. The normalized spacial score (nSPS) is 45.0. The molecule has 0 amide bonds. The number of likely N-dealkylation sites (tertiary alicyclic amines) is 2. The van der Waals surface area contributed by atoms with Crippen LogP contribution in [-0.2, 0) is 14.2 Å². The average molecular weight is 954 g/mol. The van der Waals surface area contributed by atoms with E-state index in [1.807, 2.05) is 27.7 Å². The number of aliphatic hydroxyl groups is 4. The highest BCUT2D eigenvalue weighted by Crippen LogP contribution is 2.55. The summed E-state index contributed by atoms with van der Waals surface area (Å²) in [6, 6.07) is -0.144. The summed E-state index contributed by atoms with van der Waals surface area (Å²) in [5, 5.41) is 65.4. The molecule has 18 heteroatoms. The minimum absolute atomic E-state index is 0.00891. The third-order valence-corrected chi connectivity index (χ3v) is 18.8. The number of fused-ring (bicyclic) bond motifs is 5. The van der Waals surface area contributed by atoms with E-state index in [0.717, 1.165) is 103 Å². The molecule has 16 nitrogen and oxygen atoms in total. The maximum Gasteiger partial charge on any atom is 0.213 e. The highest BCUT2D eigenvalue weighted by atomic mass is 19.1. The summed E-state index contributed by atoms with van der Waals surface area (Å²) in [6.45, 7) is 11.3. The van der Waals surface area contributed by atoms with Crippen LogP contribution >= 0.6 is 0 Å². The molecule has 0 bridgehead atoms. The lowest BCUT2D eigenvalue weighted by molar-refractivity contribution is -0.235. The van der Waals surface area contributed by atoms with Gasteiger partial charge in [0.2, 0.25) is 12.8 Å². The standard InChI is InChI=1S/C49H89F2N9O7/c1-25(2)40(56-48(63)65-5)45(61)58-19-7-9-36(58)43-52-23-33(54-43)28-14-18-35-32(21-28)39(51)42-31-17-13-29(22-38(31)67-47(60(35)42)27-11-15-30(50)16-12-27)34-24-53-44(55-34)37-10-8-20-59(37)46(62)41(26(3)4)57-49(64)66-6/h25-49,52-57,61-64H,7-24H2,1-6H3/t27?,28?,29?,30?,31?,32?,33?,34?,35?,36-,37-,38?,39?,40-,41-,42?,43?,44?,45?,46?,47?,48?,49?/m0/s1.